The Hall–Kier alpha value is -0.570. The Morgan fingerprint density at radius 3 is 2.33 bits per heavy atom. The van der Waals surface area contributed by atoms with E-state index in [1.807, 2.05) is 0 Å². The van der Waals surface area contributed by atoms with Gasteiger partial charge in [0.2, 0.25) is 0 Å². The largest absolute Gasteiger partial charge is 0.324 e. The molecule has 2 N–H and O–H groups in total. The van der Waals surface area contributed by atoms with Gasteiger partial charge >= 0.3 is 0 Å². The van der Waals surface area contributed by atoms with Crippen molar-refractivity contribution in [2.45, 2.75) is 58.0 Å². The highest BCUT2D eigenvalue weighted by Gasteiger charge is 2.20. The molecule has 0 spiro atoms. The van der Waals surface area contributed by atoms with Crippen LogP contribution < -0.4 is 5.73 Å². The number of rotatable bonds is 6. The SMILES string of the molecule is CC(C)N1CCC(CCCC(N)c2ccccc2)CC1.Cl. The van der Waals surface area contributed by atoms with E-state index in [-0.39, 0.29) is 18.4 Å². The lowest BCUT2D eigenvalue weighted by atomic mass is 9.89. The summed E-state index contributed by atoms with van der Waals surface area (Å²) in [4.78, 5) is 2.60. The Morgan fingerprint density at radius 2 is 1.76 bits per heavy atom. The van der Waals surface area contributed by atoms with E-state index < -0.39 is 0 Å². The van der Waals surface area contributed by atoms with Gasteiger partial charge in [-0.1, -0.05) is 43.2 Å². The third-order valence-corrected chi connectivity index (χ3v) is 4.73. The van der Waals surface area contributed by atoms with Gasteiger partial charge in [-0.25, -0.2) is 0 Å². The molecule has 0 aliphatic carbocycles. The number of likely N-dealkylation sites (tertiary alicyclic amines) is 1. The van der Waals surface area contributed by atoms with Crippen LogP contribution in [0.4, 0.5) is 0 Å². The van der Waals surface area contributed by atoms with E-state index in [1.54, 1.807) is 0 Å². The van der Waals surface area contributed by atoms with Gasteiger partial charge < -0.3 is 10.6 Å². The normalized spacial score (nSPS) is 18.5. The van der Waals surface area contributed by atoms with Crippen molar-refractivity contribution in [1.82, 2.24) is 4.90 Å². The molecule has 1 aliphatic heterocycles. The molecule has 1 saturated heterocycles. The topological polar surface area (TPSA) is 29.3 Å². The summed E-state index contributed by atoms with van der Waals surface area (Å²) in [5.41, 5.74) is 7.54. The Labute approximate surface area is 136 Å². The van der Waals surface area contributed by atoms with Gasteiger partial charge in [0, 0.05) is 12.1 Å². The van der Waals surface area contributed by atoms with Crippen LogP contribution in [0.2, 0.25) is 0 Å². The van der Waals surface area contributed by atoms with E-state index in [9.17, 15) is 0 Å². The second kappa shape index (κ2) is 9.45. The molecule has 1 atom stereocenters. The molecule has 1 aromatic rings. The monoisotopic (exact) mass is 310 g/mol. The maximum Gasteiger partial charge on any atom is 0.0294 e. The second-order valence-electron chi connectivity index (χ2n) is 6.52. The first kappa shape index (κ1) is 18.5. The fourth-order valence-corrected chi connectivity index (χ4v) is 3.25. The standard InChI is InChI=1S/C18H30N2.ClH/c1-15(2)20-13-11-16(12-14-20)7-6-10-18(19)17-8-4-3-5-9-17;/h3-5,8-9,15-16,18H,6-7,10-14,19H2,1-2H3;1H. The fourth-order valence-electron chi connectivity index (χ4n) is 3.25. The van der Waals surface area contributed by atoms with Crippen LogP contribution in [0, 0.1) is 5.92 Å². The molecule has 0 amide bonds. The van der Waals surface area contributed by atoms with E-state index in [2.05, 4.69) is 49.1 Å². The zero-order chi connectivity index (χ0) is 14.4. The van der Waals surface area contributed by atoms with Gasteiger partial charge in [0.25, 0.3) is 0 Å². The third-order valence-electron chi connectivity index (χ3n) is 4.73. The first-order valence-corrected chi connectivity index (χ1v) is 8.21. The van der Waals surface area contributed by atoms with Crippen LogP contribution in [0.3, 0.4) is 0 Å². The average Bonchev–Trinajstić information content (AvgIpc) is 2.48. The fraction of sp³-hybridized carbons (Fsp3) is 0.667. The quantitative estimate of drug-likeness (QED) is 0.844. The van der Waals surface area contributed by atoms with Crippen LogP contribution in [-0.4, -0.2) is 24.0 Å². The van der Waals surface area contributed by atoms with E-state index in [4.69, 9.17) is 5.73 Å². The Bertz CT molecular complexity index is 372. The third kappa shape index (κ3) is 5.98. The van der Waals surface area contributed by atoms with Gasteiger partial charge in [0.1, 0.15) is 0 Å². The van der Waals surface area contributed by atoms with Crippen LogP contribution >= 0.6 is 12.4 Å². The summed E-state index contributed by atoms with van der Waals surface area (Å²) in [6.07, 6.45) is 6.49. The molecule has 1 unspecified atom stereocenters. The van der Waals surface area contributed by atoms with Gasteiger partial charge in [0.05, 0.1) is 0 Å². The molecule has 1 aliphatic rings. The highest BCUT2D eigenvalue weighted by atomic mass is 35.5. The summed E-state index contributed by atoms with van der Waals surface area (Å²) >= 11 is 0. The predicted octanol–water partition coefficient (Wildman–Crippen LogP) is 4.40. The summed E-state index contributed by atoms with van der Waals surface area (Å²) in [6, 6.07) is 11.4. The van der Waals surface area contributed by atoms with Crippen molar-refractivity contribution in [2.24, 2.45) is 11.7 Å². The molecule has 0 bridgehead atoms. The van der Waals surface area contributed by atoms with E-state index >= 15 is 0 Å². The number of nitrogens with zero attached hydrogens (tertiary/aromatic N) is 1. The molecule has 21 heavy (non-hydrogen) atoms. The average molecular weight is 311 g/mol. The highest BCUT2D eigenvalue weighted by Crippen LogP contribution is 2.25. The van der Waals surface area contributed by atoms with Crippen molar-refractivity contribution in [3.05, 3.63) is 35.9 Å². The smallest absolute Gasteiger partial charge is 0.0294 e. The van der Waals surface area contributed by atoms with E-state index in [0.717, 1.165) is 12.3 Å². The molecule has 0 saturated carbocycles. The molecule has 0 radical (unpaired) electrons. The molecule has 2 nitrogen and oxygen atoms in total. The first-order valence-electron chi connectivity index (χ1n) is 8.21. The number of piperidine rings is 1. The summed E-state index contributed by atoms with van der Waals surface area (Å²) in [6.45, 7) is 7.18. The van der Waals surface area contributed by atoms with Crippen LogP contribution in [0.15, 0.2) is 30.3 Å². The number of halogens is 1. The van der Waals surface area contributed by atoms with Gasteiger partial charge in [-0.15, -0.1) is 12.4 Å². The summed E-state index contributed by atoms with van der Waals surface area (Å²) in [5, 5.41) is 0. The summed E-state index contributed by atoms with van der Waals surface area (Å²) in [5.74, 6) is 0.924. The van der Waals surface area contributed by atoms with Crippen LogP contribution in [0.5, 0.6) is 0 Å². The van der Waals surface area contributed by atoms with Crippen molar-refractivity contribution in [2.75, 3.05) is 13.1 Å². The molecular formula is C18H31ClN2. The summed E-state index contributed by atoms with van der Waals surface area (Å²) in [7, 11) is 0. The number of nitrogens with two attached hydrogens (primary N) is 1. The van der Waals surface area contributed by atoms with Crippen LogP contribution in [-0.2, 0) is 0 Å². The van der Waals surface area contributed by atoms with Crippen LogP contribution in [0.25, 0.3) is 0 Å². The zero-order valence-corrected chi connectivity index (χ0v) is 14.3. The molecular weight excluding hydrogens is 280 g/mol. The molecule has 120 valence electrons. The highest BCUT2D eigenvalue weighted by molar-refractivity contribution is 5.85. The van der Waals surface area contributed by atoms with Gasteiger partial charge in [-0.2, -0.15) is 0 Å². The second-order valence-corrected chi connectivity index (χ2v) is 6.52. The Balaban J connectivity index is 0.00000220. The molecule has 1 heterocycles. The van der Waals surface area contributed by atoms with Crippen LogP contribution in [0.1, 0.15) is 57.6 Å². The molecule has 2 rings (SSSR count). The maximum absolute atomic E-state index is 6.26. The van der Waals surface area contributed by atoms with Crippen molar-refractivity contribution in [3.63, 3.8) is 0 Å². The van der Waals surface area contributed by atoms with Gasteiger partial charge in [-0.3, -0.25) is 0 Å². The van der Waals surface area contributed by atoms with Crippen molar-refractivity contribution in [3.8, 4) is 0 Å². The lowest BCUT2D eigenvalue weighted by Crippen LogP contribution is -2.38. The number of hydrogen-bond acceptors (Lipinski definition) is 2. The Morgan fingerprint density at radius 1 is 1.14 bits per heavy atom. The Kier molecular flexibility index (Phi) is 8.31. The van der Waals surface area contributed by atoms with E-state index in [1.165, 1.54) is 44.3 Å². The van der Waals surface area contributed by atoms with Crippen molar-refractivity contribution >= 4 is 12.4 Å². The number of benzene rings is 1. The molecule has 0 aromatic heterocycles. The van der Waals surface area contributed by atoms with E-state index in [0.29, 0.717) is 6.04 Å². The first-order chi connectivity index (χ1) is 9.66. The number of hydrogen-bond donors (Lipinski definition) is 1. The molecule has 3 heteroatoms. The molecule has 1 aromatic carbocycles. The minimum atomic E-state index is 0. The zero-order valence-electron chi connectivity index (χ0n) is 13.5. The van der Waals surface area contributed by atoms with Crippen molar-refractivity contribution < 1.29 is 0 Å². The van der Waals surface area contributed by atoms with Crippen molar-refractivity contribution in [1.29, 1.82) is 0 Å². The van der Waals surface area contributed by atoms with Gasteiger partial charge in [-0.05, 0) is 57.7 Å². The summed E-state index contributed by atoms with van der Waals surface area (Å²) < 4.78 is 0. The molecule has 1 fully saturated rings. The lowest BCUT2D eigenvalue weighted by Gasteiger charge is -2.34. The maximum atomic E-state index is 6.26. The predicted molar refractivity (Wildman–Crippen MR) is 93.9 cm³/mol. The lowest BCUT2D eigenvalue weighted by molar-refractivity contribution is 0.144. The minimum absolute atomic E-state index is 0. The minimum Gasteiger partial charge on any atom is -0.324 e. The van der Waals surface area contributed by atoms with Gasteiger partial charge in [0.15, 0.2) is 0 Å².